The van der Waals surface area contributed by atoms with E-state index in [0.29, 0.717) is 18.0 Å². The number of carbonyl (C=O) groups excluding carboxylic acids is 2. The number of hydrogen-bond donors (Lipinski definition) is 0. The number of likely N-dealkylation sites (N-methyl/N-ethyl adjacent to an activating group) is 1. The number of ether oxygens (including phenoxy) is 1. The fourth-order valence-corrected chi connectivity index (χ4v) is 3.37. The Hall–Kier alpha value is -3.49. The van der Waals surface area contributed by atoms with E-state index >= 15 is 0 Å². The van der Waals surface area contributed by atoms with E-state index in [1.807, 2.05) is 6.92 Å². The third kappa shape index (κ3) is 3.15. The lowest BCUT2D eigenvalue weighted by Crippen LogP contribution is -2.38. The molecule has 1 amide bonds. The van der Waals surface area contributed by atoms with Gasteiger partial charge in [0.2, 0.25) is 0 Å². The third-order valence-corrected chi connectivity index (χ3v) is 4.82. The Morgan fingerprint density at radius 1 is 1.29 bits per heavy atom. The number of rotatable bonds is 5. The number of nitro groups is 1. The first-order chi connectivity index (χ1) is 13.3. The minimum Gasteiger partial charge on any atom is -0.482 e. The molecule has 2 heterocycles. The van der Waals surface area contributed by atoms with Gasteiger partial charge in [-0.2, -0.15) is 0 Å². The number of aromatic nitrogens is 1. The topological polar surface area (TPSA) is 112 Å². The number of Topliss-reactive ketones (excluding diaryl/α,β-unsaturated/α-hetero) is 1. The fourth-order valence-electron chi connectivity index (χ4n) is 3.37. The number of hydrogen-bond acceptors (Lipinski definition) is 6. The summed E-state index contributed by atoms with van der Waals surface area (Å²) in [4.78, 5) is 49.4. The highest BCUT2D eigenvalue weighted by Crippen LogP contribution is 2.34. The minimum absolute atomic E-state index is 0.0627. The van der Waals surface area contributed by atoms with Gasteiger partial charge in [0.25, 0.3) is 17.2 Å². The van der Waals surface area contributed by atoms with Gasteiger partial charge in [0.05, 0.1) is 22.3 Å². The number of pyridine rings is 1. The lowest BCUT2D eigenvalue weighted by atomic mass is 10.0. The first kappa shape index (κ1) is 19.3. The van der Waals surface area contributed by atoms with E-state index in [0.717, 1.165) is 16.7 Å². The van der Waals surface area contributed by atoms with E-state index in [1.165, 1.54) is 18.7 Å². The zero-order chi connectivity index (χ0) is 20.6. The highest BCUT2D eigenvalue weighted by atomic mass is 16.6. The van der Waals surface area contributed by atoms with Gasteiger partial charge in [0.1, 0.15) is 5.75 Å². The highest BCUT2D eigenvalue weighted by molar-refractivity contribution is 6.03. The molecule has 0 fully saturated rings. The lowest BCUT2D eigenvalue weighted by molar-refractivity contribution is -0.386. The van der Waals surface area contributed by atoms with E-state index in [1.54, 1.807) is 18.2 Å². The van der Waals surface area contributed by atoms with Gasteiger partial charge < -0.3 is 9.64 Å². The monoisotopic (exact) mass is 385 g/mol. The molecule has 0 radical (unpaired) electrons. The predicted molar refractivity (Wildman–Crippen MR) is 101 cm³/mol. The number of fused-ring (bicyclic) bond motifs is 1. The van der Waals surface area contributed by atoms with Crippen molar-refractivity contribution in [2.75, 3.05) is 18.1 Å². The summed E-state index contributed by atoms with van der Waals surface area (Å²) in [6.45, 7) is 5.12. The quantitative estimate of drug-likeness (QED) is 0.443. The van der Waals surface area contributed by atoms with Crippen LogP contribution in [0.5, 0.6) is 5.75 Å². The van der Waals surface area contributed by atoms with Crippen molar-refractivity contribution in [2.45, 2.75) is 26.8 Å². The van der Waals surface area contributed by atoms with Crippen LogP contribution in [-0.2, 0) is 4.79 Å². The summed E-state index contributed by atoms with van der Waals surface area (Å²) < 4.78 is 6.51. The van der Waals surface area contributed by atoms with Crippen LogP contribution >= 0.6 is 0 Å². The van der Waals surface area contributed by atoms with Crippen LogP contribution < -0.4 is 15.2 Å². The second kappa shape index (κ2) is 7.26. The highest BCUT2D eigenvalue weighted by Gasteiger charge is 2.28. The molecular formula is C19H19N3O6. The molecular weight excluding hydrogens is 366 g/mol. The first-order valence-electron chi connectivity index (χ1n) is 8.74. The van der Waals surface area contributed by atoms with E-state index in [4.69, 9.17) is 4.74 Å². The second-order valence-corrected chi connectivity index (χ2v) is 6.42. The van der Waals surface area contributed by atoms with Crippen molar-refractivity contribution in [1.82, 2.24) is 4.57 Å². The van der Waals surface area contributed by atoms with Gasteiger partial charge in [-0.15, -0.1) is 0 Å². The molecule has 9 heteroatoms. The molecule has 0 saturated heterocycles. The zero-order valence-corrected chi connectivity index (χ0v) is 15.7. The SMILES string of the molecule is CCN1C(=O)COc2ccc(C(=O)C(C)n3c(C)c([N+](=O)[O-])ccc3=O)cc21. The second-order valence-electron chi connectivity index (χ2n) is 6.42. The Kier molecular flexibility index (Phi) is 5.00. The molecule has 1 atom stereocenters. The van der Waals surface area contributed by atoms with Crippen molar-refractivity contribution in [1.29, 1.82) is 0 Å². The van der Waals surface area contributed by atoms with Crippen LogP contribution in [0.1, 0.15) is 35.9 Å². The number of amides is 1. The van der Waals surface area contributed by atoms with E-state index in [9.17, 15) is 24.5 Å². The molecule has 1 aromatic carbocycles. The Balaban J connectivity index is 2.03. The van der Waals surface area contributed by atoms with Gasteiger partial charge in [0.15, 0.2) is 12.4 Å². The summed E-state index contributed by atoms with van der Waals surface area (Å²) >= 11 is 0. The molecule has 28 heavy (non-hydrogen) atoms. The van der Waals surface area contributed by atoms with Crippen LogP contribution in [-0.4, -0.2) is 34.3 Å². The van der Waals surface area contributed by atoms with Crippen molar-refractivity contribution >= 4 is 23.1 Å². The Morgan fingerprint density at radius 2 is 2.00 bits per heavy atom. The van der Waals surface area contributed by atoms with Crippen LogP contribution in [0.15, 0.2) is 35.1 Å². The summed E-state index contributed by atoms with van der Waals surface area (Å²) in [5.74, 6) is -0.115. The average Bonchev–Trinajstić information content (AvgIpc) is 2.66. The number of carbonyl (C=O) groups is 2. The minimum atomic E-state index is -0.958. The Morgan fingerprint density at radius 3 is 2.64 bits per heavy atom. The summed E-state index contributed by atoms with van der Waals surface area (Å²) in [6.07, 6.45) is 0. The fraction of sp³-hybridized carbons (Fsp3) is 0.316. The molecule has 1 aliphatic rings. The van der Waals surface area contributed by atoms with Crippen LogP contribution in [0.2, 0.25) is 0 Å². The van der Waals surface area contributed by atoms with Gasteiger partial charge in [-0.1, -0.05) is 0 Å². The molecule has 0 bridgehead atoms. The molecule has 146 valence electrons. The number of benzene rings is 1. The molecule has 1 aliphatic heterocycles. The number of ketones is 1. The van der Waals surface area contributed by atoms with Crippen molar-refractivity contribution in [3.8, 4) is 5.75 Å². The van der Waals surface area contributed by atoms with Crippen molar-refractivity contribution in [3.05, 3.63) is 62.1 Å². The van der Waals surface area contributed by atoms with Gasteiger partial charge in [-0.25, -0.2) is 0 Å². The molecule has 0 spiro atoms. The van der Waals surface area contributed by atoms with Gasteiger partial charge in [-0.05, 0) is 39.0 Å². The number of anilines is 1. The predicted octanol–water partition coefficient (Wildman–Crippen LogP) is 2.25. The zero-order valence-electron chi connectivity index (χ0n) is 15.7. The third-order valence-electron chi connectivity index (χ3n) is 4.82. The normalized spacial score (nSPS) is 14.2. The standard InChI is InChI=1S/C19H19N3O6/c1-4-20-15-9-13(5-7-16(15)28-10-18(20)24)19(25)12(3)21-11(2)14(22(26)27)6-8-17(21)23/h5-9,12H,4,10H2,1-3H3. The van der Waals surface area contributed by atoms with Crippen molar-refractivity contribution in [2.24, 2.45) is 0 Å². The molecule has 3 rings (SSSR count). The number of nitrogens with zero attached hydrogens (tertiary/aromatic N) is 3. The molecule has 1 aromatic heterocycles. The van der Waals surface area contributed by atoms with Gasteiger partial charge >= 0.3 is 0 Å². The van der Waals surface area contributed by atoms with Crippen LogP contribution in [0.3, 0.4) is 0 Å². The molecule has 1 unspecified atom stereocenters. The van der Waals surface area contributed by atoms with E-state index in [-0.39, 0.29) is 29.5 Å². The van der Waals surface area contributed by atoms with Crippen LogP contribution in [0.25, 0.3) is 0 Å². The van der Waals surface area contributed by atoms with E-state index < -0.39 is 22.3 Å². The van der Waals surface area contributed by atoms with Gasteiger partial charge in [-0.3, -0.25) is 29.1 Å². The summed E-state index contributed by atoms with van der Waals surface area (Å²) in [6, 6.07) is 5.96. The van der Waals surface area contributed by atoms with Crippen LogP contribution in [0, 0.1) is 17.0 Å². The van der Waals surface area contributed by atoms with Crippen molar-refractivity contribution in [3.63, 3.8) is 0 Å². The maximum Gasteiger partial charge on any atom is 0.288 e. The van der Waals surface area contributed by atoms with E-state index in [2.05, 4.69) is 0 Å². The molecule has 0 saturated carbocycles. The maximum atomic E-state index is 13.0. The Bertz CT molecular complexity index is 1040. The Labute approximate surface area is 160 Å². The largest absolute Gasteiger partial charge is 0.482 e. The summed E-state index contributed by atoms with van der Waals surface area (Å²) in [5.41, 5.74) is 0.127. The smallest absolute Gasteiger partial charge is 0.288 e. The molecule has 2 aromatic rings. The molecule has 0 aliphatic carbocycles. The first-order valence-corrected chi connectivity index (χ1v) is 8.74. The summed E-state index contributed by atoms with van der Waals surface area (Å²) in [5, 5.41) is 11.2. The van der Waals surface area contributed by atoms with Crippen LogP contribution in [0.4, 0.5) is 11.4 Å². The van der Waals surface area contributed by atoms with Gasteiger partial charge in [0, 0.05) is 24.2 Å². The average molecular weight is 385 g/mol. The molecule has 9 nitrogen and oxygen atoms in total. The lowest BCUT2D eigenvalue weighted by Gasteiger charge is -2.29. The molecule has 0 N–H and O–H groups in total. The maximum absolute atomic E-state index is 13.0. The summed E-state index contributed by atoms with van der Waals surface area (Å²) in [7, 11) is 0. The van der Waals surface area contributed by atoms with Crippen molar-refractivity contribution < 1.29 is 19.2 Å².